The smallest absolute Gasteiger partial charge is 0.303 e. The van der Waals surface area contributed by atoms with Crippen LogP contribution in [0, 0.1) is 5.92 Å². The molecule has 0 saturated heterocycles. The van der Waals surface area contributed by atoms with Gasteiger partial charge in [-0.15, -0.1) is 0 Å². The molecule has 2 rings (SSSR count). The average Bonchev–Trinajstić information content (AvgIpc) is 2.95. The molecule has 1 aliphatic carbocycles. The topological polar surface area (TPSA) is 17.1 Å². The Balaban J connectivity index is 2.24. The summed E-state index contributed by atoms with van der Waals surface area (Å²) < 4.78 is 37.1. The molecule has 80 valence electrons. The van der Waals surface area contributed by atoms with E-state index < -0.39 is 11.7 Å². The van der Waals surface area contributed by atoms with Crippen LogP contribution in [0.2, 0.25) is 0 Å². The molecule has 1 saturated carbocycles. The number of aldehydes is 1. The highest BCUT2D eigenvalue weighted by atomic mass is 19.4. The van der Waals surface area contributed by atoms with Crippen molar-refractivity contribution in [3.05, 3.63) is 35.4 Å². The fourth-order valence-electron chi connectivity index (χ4n) is 1.69. The van der Waals surface area contributed by atoms with Crippen molar-refractivity contribution in [3.8, 4) is 0 Å². The van der Waals surface area contributed by atoms with Crippen molar-refractivity contribution in [1.82, 2.24) is 0 Å². The van der Waals surface area contributed by atoms with Crippen LogP contribution in [-0.2, 0) is 11.0 Å². The van der Waals surface area contributed by atoms with E-state index in [4.69, 9.17) is 0 Å². The standard InChI is InChI=1S/C11H9F3O/c12-11(13,14)9-3-1-2-7(4-9)10-5-8(10)6-15/h1-4,6,8,10H,5H2/t8-,10+/m0/s1. The van der Waals surface area contributed by atoms with Crippen molar-refractivity contribution >= 4 is 6.29 Å². The van der Waals surface area contributed by atoms with Gasteiger partial charge in [0.25, 0.3) is 0 Å². The third kappa shape index (κ3) is 2.03. The first-order valence-electron chi connectivity index (χ1n) is 4.65. The molecule has 1 fully saturated rings. The zero-order valence-electron chi connectivity index (χ0n) is 7.79. The SMILES string of the molecule is O=C[C@@H]1C[C@@H]1c1cccc(C(F)(F)F)c1. The van der Waals surface area contributed by atoms with Gasteiger partial charge in [0.05, 0.1) is 5.56 Å². The number of hydrogen-bond acceptors (Lipinski definition) is 1. The van der Waals surface area contributed by atoms with Crippen LogP contribution in [-0.4, -0.2) is 6.29 Å². The second kappa shape index (κ2) is 3.36. The Morgan fingerprint density at radius 1 is 1.33 bits per heavy atom. The monoisotopic (exact) mass is 214 g/mol. The van der Waals surface area contributed by atoms with Crippen LogP contribution < -0.4 is 0 Å². The van der Waals surface area contributed by atoms with Gasteiger partial charge in [0, 0.05) is 5.92 Å². The van der Waals surface area contributed by atoms with Gasteiger partial charge >= 0.3 is 6.18 Å². The van der Waals surface area contributed by atoms with E-state index in [1.807, 2.05) is 0 Å². The quantitative estimate of drug-likeness (QED) is 0.691. The highest BCUT2D eigenvalue weighted by Gasteiger charge is 2.39. The summed E-state index contributed by atoms with van der Waals surface area (Å²) in [5.74, 6) is -0.0988. The van der Waals surface area contributed by atoms with E-state index >= 15 is 0 Å². The maximum Gasteiger partial charge on any atom is 0.416 e. The number of hydrogen-bond donors (Lipinski definition) is 0. The van der Waals surface area contributed by atoms with E-state index in [-0.39, 0.29) is 11.8 Å². The van der Waals surface area contributed by atoms with E-state index in [1.54, 1.807) is 6.07 Å². The van der Waals surface area contributed by atoms with Gasteiger partial charge in [0.2, 0.25) is 0 Å². The number of halogens is 3. The van der Waals surface area contributed by atoms with Crippen molar-refractivity contribution < 1.29 is 18.0 Å². The first kappa shape index (κ1) is 10.2. The Kier molecular flexibility index (Phi) is 2.29. The first-order chi connectivity index (χ1) is 7.02. The molecule has 1 aromatic carbocycles. The second-order valence-corrected chi connectivity index (χ2v) is 3.77. The van der Waals surface area contributed by atoms with Gasteiger partial charge in [-0.1, -0.05) is 18.2 Å². The van der Waals surface area contributed by atoms with Crippen molar-refractivity contribution in [2.45, 2.75) is 18.5 Å². The first-order valence-corrected chi connectivity index (χ1v) is 4.65. The van der Waals surface area contributed by atoms with Crippen LogP contribution in [0.1, 0.15) is 23.5 Å². The lowest BCUT2D eigenvalue weighted by molar-refractivity contribution is -0.137. The molecule has 2 atom stereocenters. The van der Waals surface area contributed by atoms with Crippen LogP contribution >= 0.6 is 0 Å². The molecule has 0 N–H and O–H groups in total. The molecule has 1 nitrogen and oxygen atoms in total. The number of carbonyl (C=O) groups is 1. The second-order valence-electron chi connectivity index (χ2n) is 3.77. The van der Waals surface area contributed by atoms with Gasteiger partial charge in [-0.3, -0.25) is 0 Å². The maximum atomic E-state index is 12.4. The Labute approximate surface area is 84.9 Å². The van der Waals surface area contributed by atoms with Gasteiger partial charge in [0.15, 0.2) is 0 Å². The van der Waals surface area contributed by atoms with Crippen LogP contribution in [0.4, 0.5) is 13.2 Å². The summed E-state index contributed by atoms with van der Waals surface area (Å²) in [5.41, 5.74) is -0.0292. The third-order valence-electron chi connectivity index (χ3n) is 2.66. The summed E-state index contributed by atoms with van der Waals surface area (Å²) in [6.45, 7) is 0. The molecule has 15 heavy (non-hydrogen) atoms. The van der Waals surface area contributed by atoms with E-state index in [2.05, 4.69) is 0 Å². The molecule has 0 aromatic heterocycles. The highest BCUT2D eigenvalue weighted by Crippen LogP contribution is 2.46. The summed E-state index contributed by atoms with van der Waals surface area (Å²) >= 11 is 0. The van der Waals surface area contributed by atoms with Crippen molar-refractivity contribution in [1.29, 1.82) is 0 Å². The summed E-state index contributed by atoms with van der Waals surface area (Å²) in [6, 6.07) is 5.21. The normalized spacial score (nSPS) is 25.0. The highest BCUT2D eigenvalue weighted by molar-refractivity contribution is 5.61. The molecular weight excluding hydrogens is 205 g/mol. The Bertz CT molecular complexity index is 384. The van der Waals surface area contributed by atoms with Crippen LogP contribution in [0.5, 0.6) is 0 Å². The third-order valence-corrected chi connectivity index (χ3v) is 2.66. The molecule has 0 amide bonds. The van der Waals surface area contributed by atoms with Crippen molar-refractivity contribution in [2.75, 3.05) is 0 Å². The van der Waals surface area contributed by atoms with Gasteiger partial charge in [-0.25, -0.2) is 0 Å². The molecule has 0 heterocycles. The minimum atomic E-state index is -4.30. The van der Waals surface area contributed by atoms with Gasteiger partial charge in [0.1, 0.15) is 6.29 Å². The Hall–Kier alpha value is -1.32. The van der Waals surface area contributed by atoms with E-state index in [1.165, 1.54) is 6.07 Å². The van der Waals surface area contributed by atoms with E-state index in [9.17, 15) is 18.0 Å². The van der Waals surface area contributed by atoms with E-state index in [0.29, 0.717) is 12.0 Å². The van der Waals surface area contributed by atoms with Gasteiger partial charge < -0.3 is 4.79 Å². The molecular formula is C11H9F3O. The van der Waals surface area contributed by atoms with Crippen LogP contribution in [0.25, 0.3) is 0 Å². The van der Waals surface area contributed by atoms with Gasteiger partial charge in [-0.05, 0) is 24.0 Å². The predicted molar refractivity (Wildman–Crippen MR) is 48.4 cm³/mol. The van der Waals surface area contributed by atoms with E-state index in [0.717, 1.165) is 18.4 Å². The molecule has 0 spiro atoms. The molecule has 0 radical (unpaired) electrons. The molecule has 0 bridgehead atoms. The zero-order chi connectivity index (χ0) is 11.1. The number of alkyl halides is 3. The fraction of sp³-hybridized carbons (Fsp3) is 0.364. The lowest BCUT2D eigenvalue weighted by Gasteiger charge is -2.07. The summed E-state index contributed by atoms with van der Waals surface area (Å²) in [5, 5.41) is 0. The minimum absolute atomic E-state index is 0.00944. The Morgan fingerprint density at radius 3 is 2.60 bits per heavy atom. The number of benzene rings is 1. The number of rotatable bonds is 2. The molecule has 0 aliphatic heterocycles. The average molecular weight is 214 g/mol. The lowest BCUT2D eigenvalue weighted by atomic mass is 10.1. The van der Waals surface area contributed by atoms with Gasteiger partial charge in [-0.2, -0.15) is 13.2 Å². The Morgan fingerprint density at radius 2 is 2.07 bits per heavy atom. The van der Waals surface area contributed by atoms with Crippen LogP contribution in [0.3, 0.4) is 0 Å². The molecule has 0 unspecified atom stereocenters. The predicted octanol–water partition coefficient (Wildman–Crippen LogP) is 3.01. The molecule has 1 aromatic rings. The zero-order valence-corrected chi connectivity index (χ0v) is 7.79. The van der Waals surface area contributed by atoms with Crippen molar-refractivity contribution in [2.24, 2.45) is 5.92 Å². The molecule has 4 heteroatoms. The van der Waals surface area contributed by atoms with Crippen molar-refractivity contribution in [3.63, 3.8) is 0 Å². The largest absolute Gasteiger partial charge is 0.416 e. The minimum Gasteiger partial charge on any atom is -0.303 e. The maximum absolute atomic E-state index is 12.4. The molecule has 1 aliphatic rings. The lowest BCUT2D eigenvalue weighted by Crippen LogP contribution is -2.05. The fourth-order valence-corrected chi connectivity index (χ4v) is 1.69. The summed E-state index contributed by atoms with van der Waals surface area (Å²) in [6.07, 6.45) is -2.82. The van der Waals surface area contributed by atoms with Crippen LogP contribution in [0.15, 0.2) is 24.3 Å². The summed E-state index contributed by atoms with van der Waals surface area (Å²) in [7, 11) is 0. The number of carbonyl (C=O) groups excluding carboxylic acids is 1. The summed E-state index contributed by atoms with van der Waals surface area (Å²) in [4.78, 5) is 10.4.